The van der Waals surface area contributed by atoms with E-state index in [-0.39, 0.29) is 29.4 Å². The van der Waals surface area contributed by atoms with E-state index in [2.05, 4.69) is 85.0 Å². The molecule has 36 heavy (non-hydrogen) atoms. The van der Waals surface area contributed by atoms with Crippen molar-refractivity contribution >= 4 is 16.5 Å². The molecule has 0 fully saturated rings. The van der Waals surface area contributed by atoms with Crippen molar-refractivity contribution in [3.05, 3.63) is 77.1 Å². The number of aliphatic hydroxyl groups excluding tert-OH is 1. The van der Waals surface area contributed by atoms with Crippen molar-refractivity contribution in [3.8, 4) is 5.75 Å². The third kappa shape index (κ3) is 4.94. The molecule has 1 N–H and O–H groups in total. The molecule has 0 spiro atoms. The Kier molecular flexibility index (Phi) is 7.07. The normalized spacial score (nSPS) is 20.8. The molecule has 0 aliphatic carbocycles. The third-order valence-electron chi connectivity index (χ3n) is 6.82. The van der Waals surface area contributed by atoms with E-state index >= 15 is 0 Å². The SMILES string of the molecule is C=C1C2=NC(C(=C)COC)C(CCO)c3c2c(c(CC(C)(C)C)c2ccccc32)O/C1=C/C(C)(C)C. The molecule has 0 aromatic heterocycles. The van der Waals surface area contributed by atoms with Gasteiger partial charge in [-0.3, -0.25) is 4.99 Å². The van der Waals surface area contributed by atoms with Crippen LogP contribution in [0.15, 0.2) is 65.4 Å². The molecule has 2 aromatic carbocycles. The van der Waals surface area contributed by atoms with Crippen molar-refractivity contribution in [2.45, 2.75) is 66.3 Å². The lowest BCUT2D eigenvalue weighted by Crippen LogP contribution is -2.34. The van der Waals surface area contributed by atoms with Gasteiger partial charge in [0.1, 0.15) is 11.5 Å². The van der Waals surface area contributed by atoms with Gasteiger partial charge in [-0.2, -0.15) is 0 Å². The minimum Gasteiger partial charge on any atom is -0.456 e. The summed E-state index contributed by atoms with van der Waals surface area (Å²) in [5.74, 6) is 1.62. The van der Waals surface area contributed by atoms with Crippen LogP contribution in [0.4, 0.5) is 0 Å². The Labute approximate surface area is 216 Å². The number of aliphatic hydroxyl groups is 1. The van der Waals surface area contributed by atoms with Crippen LogP contribution in [0.3, 0.4) is 0 Å². The number of benzene rings is 2. The fraction of sp³-hybridized carbons (Fsp3) is 0.469. The molecule has 192 valence electrons. The topological polar surface area (TPSA) is 51.0 Å². The molecule has 4 rings (SSSR count). The molecule has 0 bridgehead atoms. The van der Waals surface area contributed by atoms with Crippen molar-refractivity contribution in [1.82, 2.24) is 0 Å². The third-order valence-corrected chi connectivity index (χ3v) is 6.82. The van der Waals surface area contributed by atoms with Gasteiger partial charge in [0.05, 0.1) is 18.4 Å². The van der Waals surface area contributed by atoms with Gasteiger partial charge >= 0.3 is 0 Å². The summed E-state index contributed by atoms with van der Waals surface area (Å²) in [6.45, 7) is 22.6. The quantitative estimate of drug-likeness (QED) is 0.440. The minimum absolute atomic E-state index is 0.0340. The maximum Gasteiger partial charge on any atom is 0.140 e. The van der Waals surface area contributed by atoms with E-state index in [0.717, 1.165) is 40.4 Å². The van der Waals surface area contributed by atoms with Gasteiger partial charge < -0.3 is 14.6 Å². The molecule has 2 heterocycles. The average Bonchev–Trinajstić information content (AvgIpc) is 2.78. The summed E-state index contributed by atoms with van der Waals surface area (Å²) >= 11 is 0. The summed E-state index contributed by atoms with van der Waals surface area (Å²) in [4.78, 5) is 5.28. The fourth-order valence-corrected chi connectivity index (χ4v) is 5.52. The van der Waals surface area contributed by atoms with E-state index in [1.165, 1.54) is 21.9 Å². The van der Waals surface area contributed by atoms with Crippen LogP contribution in [-0.4, -0.2) is 37.2 Å². The van der Waals surface area contributed by atoms with Crippen molar-refractivity contribution in [1.29, 1.82) is 0 Å². The predicted molar refractivity (Wildman–Crippen MR) is 150 cm³/mol. The molecular weight excluding hydrogens is 446 g/mol. The summed E-state index contributed by atoms with van der Waals surface area (Å²) in [6, 6.07) is 8.38. The highest BCUT2D eigenvalue weighted by Crippen LogP contribution is 2.51. The Balaban J connectivity index is 2.13. The first-order valence-electron chi connectivity index (χ1n) is 12.9. The van der Waals surface area contributed by atoms with Gasteiger partial charge in [0.15, 0.2) is 0 Å². The number of nitrogens with zero attached hydrogens (tertiary/aromatic N) is 1. The summed E-state index contributed by atoms with van der Waals surface area (Å²) in [6.07, 6.45) is 3.59. The number of fused-ring (bicyclic) bond motifs is 2. The van der Waals surface area contributed by atoms with Gasteiger partial charge in [-0.05, 0) is 51.7 Å². The van der Waals surface area contributed by atoms with Crippen LogP contribution in [0, 0.1) is 10.8 Å². The lowest BCUT2D eigenvalue weighted by molar-refractivity contribution is 0.215. The first-order valence-corrected chi connectivity index (χ1v) is 12.9. The van der Waals surface area contributed by atoms with Crippen LogP contribution < -0.4 is 4.74 Å². The van der Waals surface area contributed by atoms with E-state index in [9.17, 15) is 5.11 Å². The summed E-state index contributed by atoms with van der Waals surface area (Å²) in [5.41, 5.74) is 5.96. The summed E-state index contributed by atoms with van der Waals surface area (Å²) < 4.78 is 12.3. The van der Waals surface area contributed by atoms with Crippen LogP contribution >= 0.6 is 0 Å². The van der Waals surface area contributed by atoms with Crippen LogP contribution in [0.1, 0.15) is 70.6 Å². The first kappa shape index (κ1) is 26.4. The van der Waals surface area contributed by atoms with Crippen molar-refractivity contribution in [2.75, 3.05) is 20.3 Å². The molecule has 2 aromatic rings. The van der Waals surface area contributed by atoms with Crippen LogP contribution in [0.25, 0.3) is 10.8 Å². The zero-order valence-corrected chi connectivity index (χ0v) is 23.0. The standard InChI is InChI=1S/C32H41NO3/c1-19(18-35-9)28-23(14-15-34)26-22-13-11-10-12-21(22)24(16-31(3,4)5)30-27(26)29(33-28)20(2)25(36-30)17-32(6,7)8/h10-13,17,23,28,34H,1-2,14-16,18H2,3-9H3/b25-17+. The molecule has 4 heteroatoms. The molecule has 2 atom stereocenters. The highest BCUT2D eigenvalue weighted by molar-refractivity contribution is 6.21. The largest absolute Gasteiger partial charge is 0.456 e. The Morgan fingerprint density at radius 3 is 2.39 bits per heavy atom. The Bertz CT molecular complexity index is 1270. The Morgan fingerprint density at radius 2 is 1.81 bits per heavy atom. The number of allylic oxidation sites excluding steroid dienone is 2. The van der Waals surface area contributed by atoms with E-state index in [1.54, 1.807) is 7.11 Å². The van der Waals surface area contributed by atoms with Gasteiger partial charge in [-0.15, -0.1) is 0 Å². The minimum atomic E-state index is -0.213. The molecule has 0 saturated carbocycles. The van der Waals surface area contributed by atoms with Gasteiger partial charge in [0.2, 0.25) is 0 Å². The van der Waals surface area contributed by atoms with Crippen molar-refractivity contribution < 1.29 is 14.6 Å². The molecule has 0 radical (unpaired) electrons. The molecular formula is C32H41NO3. The van der Waals surface area contributed by atoms with Gasteiger partial charge in [0.25, 0.3) is 0 Å². The smallest absolute Gasteiger partial charge is 0.140 e. The second kappa shape index (κ2) is 9.64. The van der Waals surface area contributed by atoms with E-state index in [1.807, 2.05) is 0 Å². The number of ether oxygens (including phenoxy) is 2. The Morgan fingerprint density at radius 1 is 1.14 bits per heavy atom. The van der Waals surface area contributed by atoms with Crippen molar-refractivity contribution in [2.24, 2.45) is 15.8 Å². The van der Waals surface area contributed by atoms with Crippen LogP contribution in [0.2, 0.25) is 0 Å². The highest BCUT2D eigenvalue weighted by atomic mass is 16.5. The molecule has 2 aliphatic heterocycles. The molecule has 0 saturated heterocycles. The monoisotopic (exact) mass is 487 g/mol. The lowest BCUT2D eigenvalue weighted by Gasteiger charge is -2.39. The fourth-order valence-electron chi connectivity index (χ4n) is 5.52. The number of rotatable bonds is 6. The van der Waals surface area contributed by atoms with Crippen LogP contribution in [-0.2, 0) is 11.2 Å². The maximum atomic E-state index is 10.1. The number of methoxy groups -OCH3 is 1. The van der Waals surface area contributed by atoms with Crippen LogP contribution in [0.5, 0.6) is 5.75 Å². The predicted octanol–water partition coefficient (Wildman–Crippen LogP) is 7.15. The number of aliphatic imine (C=N–C) groups is 1. The molecule has 2 aliphatic rings. The molecule has 2 unspecified atom stereocenters. The zero-order chi connectivity index (χ0) is 26.4. The number of hydrogen-bond donors (Lipinski definition) is 1. The maximum absolute atomic E-state index is 10.1. The van der Waals surface area contributed by atoms with E-state index < -0.39 is 0 Å². The lowest BCUT2D eigenvalue weighted by atomic mass is 9.72. The van der Waals surface area contributed by atoms with Gasteiger partial charge in [-0.1, -0.05) is 79.0 Å². The van der Waals surface area contributed by atoms with Gasteiger partial charge in [0, 0.05) is 36.3 Å². The average molecular weight is 488 g/mol. The summed E-state index contributed by atoms with van der Waals surface area (Å²) in [5, 5.41) is 12.5. The Hall–Kier alpha value is -2.69. The zero-order valence-electron chi connectivity index (χ0n) is 23.0. The highest BCUT2D eigenvalue weighted by Gasteiger charge is 2.41. The number of hydrogen-bond acceptors (Lipinski definition) is 4. The van der Waals surface area contributed by atoms with E-state index in [4.69, 9.17) is 14.5 Å². The van der Waals surface area contributed by atoms with Crippen molar-refractivity contribution in [3.63, 3.8) is 0 Å². The molecule has 0 amide bonds. The van der Waals surface area contributed by atoms with Gasteiger partial charge in [-0.25, -0.2) is 0 Å². The molecule has 4 nitrogen and oxygen atoms in total. The second-order valence-electron chi connectivity index (χ2n) is 12.5. The van der Waals surface area contributed by atoms with E-state index in [0.29, 0.717) is 13.0 Å². The summed E-state index contributed by atoms with van der Waals surface area (Å²) in [7, 11) is 1.68. The first-order chi connectivity index (χ1) is 16.9. The second-order valence-corrected chi connectivity index (χ2v) is 12.5.